The van der Waals surface area contributed by atoms with E-state index in [1.165, 1.54) is 5.57 Å². The Hall–Kier alpha value is -1.28. The van der Waals surface area contributed by atoms with E-state index in [0.717, 1.165) is 25.9 Å². The molecule has 7 nitrogen and oxygen atoms in total. The van der Waals surface area contributed by atoms with Crippen LogP contribution < -0.4 is 10.6 Å². The molecule has 28 heavy (non-hydrogen) atoms. The van der Waals surface area contributed by atoms with Crippen LogP contribution in [0.1, 0.15) is 46.5 Å². The average molecular weight is 395 g/mol. The molecule has 0 bridgehead atoms. The first kappa shape index (κ1) is 21.4. The van der Waals surface area contributed by atoms with Crippen molar-refractivity contribution in [2.45, 2.75) is 69.9 Å². The number of hydrogen-bond acceptors (Lipinski definition) is 6. The molecule has 3 rings (SSSR count). The van der Waals surface area contributed by atoms with Crippen LogP contribution in [0.25, 0.3) is 0 Å². The highest BCUT2D eigenvalue weighted by Crippen LogP contribution is 2.60. The van der Waals surface area contributed by atoms with Gasteiger partial charge in [0.1, 0.15) is 5.60 Å². The number of allylic oxidation sites excluding steroid dienone is 1. The summed E-state index contributed by atoms with van der Waals surface area (Å²) in [6, 6.07) is 0. The topological polar surface area (TPSA) is 92.5 Å². The Balaban J connectivity index is 1.70. The fourth-order valence-electron chi connectivity index (χ4n) is 4.95. The smallest absolute Gasteiger partial charge is 0.240 e. The summed E-state index contributed by atoms with van der Waals surface area (Å²) in [5, 5.41) is 5.20. The van der Waals surface area contributed by atoms with Crippen molar-refractivity contribution in [3.8, 4) is 0 Å². The third-order valence-corrected chi connectivity index (χ3v) is 6.49. The molecule has 6 unspecified atom stereocenters. The molecule has 2 heterocycles. The van der Waals surface area contributed by atoms with Crippen LogP contribution in [0.15, 0.2) is 11.6 Å². The van der Waals surface area contributed by atoms with Crippen LogP contribution in [-0.2, 0) is 23.8 Å². The number of carbonyl (C=O) groups excluding carboxylic acids is 2. The lowest BCUT2D eigenvalue weighted by atomic mass is 9.65. The number of nitrogens with one attached hydrogen (secondary N) is 2. The van der Waals surface area contributed by atoms with E-state index in [1.807, 2.05) is 0 Å². The van der Waals surface area contributed by atoms with Gasteiger partial charge >= 0.3 is 0 Å². The van der Waals surface area contributed by atoms with Gasteiger partial charge in [-0.2, -0.15) is 0 Å². The maximum absolute atomic E-state index is 12.4. The second kappa shape index (κ2) is 8.22. The molecule has 1 aliphatic carbocycles. The maximum Gasteiger partial charge on any atom is 0.240 e. The summed E-state index contributed by atoms with van der Waals surface area (Å²) >= 11 is 0. The molecule has 3 fully saturated rings. The van der Waals surface area contributed by atoms with Crippen molar-refractivity contribution in [3.63, 3.8) is 0 Å². The Morgan fingerprint density at radius 3 is 2.57 bits per heavy atom. The number of ether oxygens (including phenoxy) is 3. The lowest BCUT2D eigenvalue weighted by molar-refractivity contribution is -0.134. The zero-order valence-corrected chi connectivity index (χ0v) is 17.7. The van der Waals surface area contributed by atoms with E-state index in [2.05, 4.69) is 37.5 Å². The van der Waals surface area contributed by atoms with Gasteiger partial charge in [0.05, 0.1) is 31.0 Å². The molecule has 0 radical (unpaired) electrons. The van der Waals surface area contributed by atoms with Crippen molar-refractivity contribution in [1.29, 1.82) is 0 Å². The van der Waals surface area contributed by atoms with E-state index in [-0.39, 0.29) is 60.0 Å². The normalized spacial score (nSPS) is 38.8. The van der Waals surface area contributed by atoms with Crippen LogP contribution >= 0.6 is 0 Å². The molecule has 0 aromatic carbocycles. The van der Waals surface area contributed by atoms with Gasteiger partial charge in [0.25, 0.3) is 0 Å². The number of methoxy groups -OCH3 is 1. The maximum atomic E-state index is 12.4. The second-order valence-corrected chi connectivity index (χ2v) is 8.84. The first-order valence-corrected chi connectivity index (χ1v) is 10.2. The molecule has 6 atom stereocenters. The molecule has 2 saturated heterocycles. The minimum absolute atomic E-state index is 0.0392. The molecular formula is C21H34N2O5. The minimum Gasteiger partial charge on any atom is -0.381 e. The fraction of sp³-hybridized carbons (Fsp3) is 0.810. The van der Waals surface area contributed by atoms with Crippen LogP contribution in [0.5, 0.6) is 0 Å². The van der Waals surface area contributed by atoms with E-state index in [1.54, 1.807) is 14.2 Å². The summed E-state index contributed by atoms with van der Waals surface area (Å²) in [6.07, 6.45) is 5.12. The van der Waals surface area contributed by atoms with Crippen molar-refractivity contribution in [3.05, 3.63) is 11.6 Å². The summed E-state index contributed by atoms with van der Waals surface area (Å²) in [7, 11) is 3.38. The number of hydrogen-bond donors (Lipinski definition) is 2. The zero-order chi connectivity index (χ0) is 20.5. The quantitative estimate of drug-likeness (QED) is 0.479. The van der Waals surface area contributed by atoms with E-state index in [9.17, 15) is 9.59 Å². The van der Waals surface area contributed by atoms with Gasteiger partial charge < -0.3 is 19.5 Å². The molecule has 7 heteroatoms. The van der Waals surface area contributed by atoms with E-state index in [4.69, 9.17) is 14.2 Å². The Morgan fingerprint density at radius 2 is 2.00 bits per heavy atom. The molecule has 1 spiro atoms. The molecular weight excluding hydrogens is 360 g/mol. The SMILES string of the molecule is CNCC(=O)NC(=O)CC1CCC2(CO2)C(C2(C)OC2CC=C(C)C)C1OC. The molecule has 0 aromatic rings. The lowest BCUT2D eigenvalue weighted by Gasteiger charge is -2.43. The highest BCUT2D eigenvalue weighted by Gasteiger charge is 2.71. The highest BCUT2D eigenvalue weighted by molar-refractivity contribution is 5.96. The van der Waals surface area contributed by atoms with Crippen molar-refractivity contribution >= 4 is 11.8 Å². The third kappa shape index (κ3) is 4.32. The molecule has 2 aliphatic heterocycles. The van der Waals surface area contributed by atoms with E-state index < -0.39 is 0 Å². The first-order chi connectivity index (χ1) is 13.3. The standard InChI is InChI=1S/C21H34N2O5/c1-13(2)6-7-15-20(3,28-15)19-18(26-5)14(8-9-21(19)12-27-21)10-16(24)23-17(25)11-22-4/h6,14-15,18-19,22H,7-12H2,1-5H3,(H,23,24,25). The second-order valence-electron chi connectivity index (χ2n) is 8.84. The molecule has 3 aliphatic rings. The Bertz CT molecular complexity index is 641. The molecule has 1 saturated carbocycles. The van der Waals surface area contributed by atoms with Crippen LogP contribution in [0.3, 0.4) is 0 Å². The summed E-state index contributed by atoms with van der Waals surface area (Å²) in [6.45, 7) is 7.18. The van der Waals surface area contributed by atoms with Gasteiger partial charge in [-0.05, 0) is 53.0 Å². The number of amides is 2. The predicted octanol–water partition coefficient (Wildman–Crippen LogP) is 1.56. The van der Waals surface area contributed by atoms with Gasteiger partial charge in [0.15, 0.2) is 0 Å². The molecule has 158 valence electrons. The number of carbonyl (C=O) groups is 2. The van der Waals surface area contributed by atoms with Crippen molar-refractivity contribution in [2.75, 3.05) is 27.3 Å². The summed E-state index contributed by atoms with van der Waals surface area (Å²) in [5.74, 6) is -0.436. The molecule has 2 amide bonds. The van der Waals surface area contributed by atoms with Gasteiger partial charge in [0.2, 0.25) is 11.8 Å². The molecule has 2 N–H and O–H groups in total. The first-order valence-electron chi connectivity index (χ1n) is 10.2. The summed E-state index contributed by atoms with van der Waals surface area (Å²) in [4.78, 5) is 24.1. The van der Waals surface area contributed by atoms with Crippen LogP contribution in [-0.4, -0.2) is 62.5 Å². The third-order valence-electron chi connectivity index (χ3n) is 6.49. The van der Waals surface area contributed by atoms with Crippen molar-refractivity contribution in [2.24, 2.45) is 11.8 Å². The summed E-state index contributed by atoms with van der Waals surface area (Å²) in [5.41, 5.74) is 0.785. The van der Waals surface area contributed by atoms with Gasteiger partial charge in [-0.25, -0.2) is 0 Å². The van der Waals surface area contributed by atoms with Gasteiger partial charge in [0, 0.05) is 19.4 Å². The lowest BCUT2D eigenvalue weighted by Crippen LogP contribution is -2.53. The van der Waals surface area contributed by atoms with Gasteiger partial charge in [-0.3, -0.25) is 14.9 Å². The zero-order valence-electron chi connectivity index (χ0n) is 17.7. The largest absolute Gasteiger partial charge is 0.381 e. The molecule has 0 aromatic heterocycles. The van der Waals surface area contributed by atoms with E-state index in [0.29, 0.717) is 0 Å². The Kier molecular flexibility index (Phi) is 6.29. The van der Waals surface area contributed by atoms with Crippen LogP contribution in [0, 0.1) is 11.8 Å². The van der Waals surface area contributed by atoms with Gasteiger partial charge in [-0.15, -0.1) is 0 Å². The number of imide groups is 1. The highest BCUT2D eigenvalue weighted by atomic mass is 16.6. The van der Waals surface area contributed by atoms with Gasteiger partial charge in [-0.1, -0.05) is 11.6 Å². The fourth-order valence-corrected chi connectivity index (χ4v) is 4.95. The monoisotopic (exact) mass is 394 g/mol. The number of likely N-dealkylation sites (N-methyl/N-ethyl adjacent to an activating group) is 1. The van der Waals surface area contributed by atoms with Crippen molar-refractivity contribution < 1.29 is 23.8 Å². The van der Waals surface area contributed by atoms with Crippen LogP contribution in [0.2, 0.25) is 0 Å². The predicted molar refractivity (Wildman–Crippen MR) is 105 cm³/mol. The minimum atomic E-state index is -0.310. The van der Waals surface area contributed by atoms with E-state index >= 15 is 0 Å². The van der Waals surface area contributed by atoms with Crippen LogP contribution in [0.4, 0.5) is 0 Å². The average Bonchev–Trinajstić information content (AvgIpc) is 3.52. The summed E-state index contributed by atoms with van der Waals surface area (Å²) < 4.78 is 18.1. The number of epoxide rings is 2. The Morgan fingerprint density at radius 1 is 1.29 bits per heavy atom. The van der Waals surface area contributed by atoms with Crippen molar-refractivity contribution in [1.82, 2.24) is 10.6 Å². The Labute approximate surface area is 167 Å². The number of rotatable bonds is 8.